The van der Waals surface area contributed by atoms with E-state index < -0.39 is 5.79 Å². The first-order valence-corrected chi connectivity index (χ1v) is 5.91. The molecule has 5 heteroatoms. The third-order valence-electron chi connectivity index (χ3n) is 2.99. The first kappa shape index (κ1) is 12.3. The molecule has 1 aliphatic heterocycles. The summed E-state index contributed by atoms with van der Waals surface area (Å²) in [7, 11) is 0. The van der Waals surface area contributed by atoms with E-state index in [1.54, 1.807) is 0 Å². The average Bonchev–Trinajstić information content (AvgIpc) is 2.71. The summed E-state index contributed by atoms with van der Waals surface area (Å²) in [5, 5.41) is 3.18. The number of nitrogens with zero attached hydrogens (tertiary/aromatic N) is 2. The summed E-state index contributed by atoms with van der Waals surface area (Å²) >= 11 is 0. The Morgan fingerprint density at radius 1 is 1.35 bits per heavy atom. The molecule has 0 aromatic carbocycles. The number of aromatic nitrogens is 2. The molecule has 0 amide bonds. The van der Waals surface area contributed by atoms with Gasteiger partial charge >= 0.3 is 0 Å². The van der Waals surface area contributed by atoms with Gasteiger partial charge in [0.15, 0.2) is 5.79 Å². The van der Waals surface area contributed by atoms with Gasteiger partial charge in [0.05, 0.1) is 13.2 Å². The Bertz CT molecular complexity index is 389. The molecule has 94 valence electrons. The van der Waals surface area contributed by atoms with Gasteiger partial charge in [0.2, 0.25) is 5.95 Å². The highest BCUT2D eigenvalue weighted by Gasteiger charge is 2.30. The number of anilines is 1. The van der Waals surface area contributed by atoms with Crippen LogP contribution in [0.5, 0.6) is 0 Å². The molecule has 0 radical (unpaired) electrons. The van der Waals surface area contributed by atoms with Crippen LogP contribution < -0.4 is 5.32 Å². The van der Waals surface area contributed by atoms with E-state index in [4.69, 9.17) is 9.47 Å². The highest BCUT2D eigenvalue weighted by atomic mass is 16.7. The van der Waals surface area contributed by atoms with Crippen LogP contribution in [0.3, 0.4) is 0 Å². The van der Waals surface area contributed by atoms with E-state index in [-0.39, 0.29) is 0 Å². The Labute approximate surface area is 102 Å². The van der Waals surface area contributed by atoms with Crippen LogP contribution in [0, 0.1) is 13.8 Å². The SMILES string of the molecule is Cc1cnc(NCCC2(C)OCCO2)nc1C. The average molecular weight is 237 g/mol. The van der Waals surface area contributed by atoms with Crippen molar-refractivity contribution in [3.8, 4) is 0 Å². The van der Waals surface area contributed by atoms with Gasteiger partial charge in [0, 0.05) is 24.9 Å². The topological polar surface area (TPSA) is 56.3 Å². The molecule has 0 atom stereocenters. The predicted molar refractivity (Wildman–Crippen MR) is 64.9 cm³/mol. The van der Waals surface area contributed by atoms with Crippen molar-refractivity contribution in [2.45, 2.75) is 33.0 Å². The van der Waals surface area contributed by atoms with E-state index in [1.165, 1.54) is 0 Å². The smallest absolute Gasteiger partial charge is 0.222 e. The fraction of sp³-hybridized carbons (Fsp3) is 0.667. The van der Waals surface area contributed by atoms with Gasteiger partial charge < -0.3 is 14.8 Å². The van der Waals surface area contributed by atoms with Crippen molar-refractivity contribution in [3.63, 3.8) is 0 Å². The Balaban J connectivity index is 1.83. The summed E-state index contributed by atoms with van der Waals surface area (Å²) in [4.78, 5) is 8.58. The first-order valence-electron chi connectivity index (χ1n) is 5.91. The van der Waals surface area contributed by atoms with Crippen LogP contribution in [0.15, 0.2) is 6.20 Å². The number of hydrogen-bond donors (Lipinski definition) is 1. The van der Waals surface area contributed by atoms with Gasteiger partial charge in [-0.2, -0.15) is 0 Å². The maximum absolute atomic E-state index is 5.52. The van der Waals surface area contributed by atoms with Crippen LogP contribution >= 0.6 is 0 Å². The van der Waals surface area contributed by atoms with Crippen molar-refractivity contribution >= 4 is 5.95 Å². The lowest BCUT2D eigenvalue weighted by Gasteiger charge is -2.22. The minimum absolute atomic E-state index is 0.452. The van der Waals surface area contributed by atoms with Crippen LogP contribution in [0.25, 0.3) is 0 Å². The molecule has 5 nitrogen and oxygen atoms in total. The minimum atomic E-state index is -0.452. The third-order valence-corrected chi connectivity index (χ3v) is 2.99. The molecule has 2 rings (SSSR count). The van der Waals surface area contributed by atoms with Crippen LogP contribution in [-0.4, -0.2) is 35.5 Å². The highest BCUT2D eigenvalue weighted by molar-refractivity contribution is 5.28. The predicted octanol–water partition coefficient (Wildman–Crippen LogP) is 1.66. The van der Waals surface area contributed by atoms with Gasteiger partial charge in [-0.1, -0.05) is 0 Å². The molecular formula is C12H19N3O2. The van der Waals surface area contributed by atoms with Crippen molar-refractivity contribution < 1.29 is 9.47 Å². The zero-order valence-corrected chi connectivity index (χ0v) is 10.6. The van der Waals surface area contributed by atoms with Crippen LogP contribution in [0.2, 0.25) is 0 Å². The number of nitrogens with one attached hydrogen (secondary N) is 1. The van der Waals surface area contributed by atoms with Gasteiger partial charge in [-0.3, -0.25) is 0 Å². The third kappa shape index (κ3) is 3.14. The molecule has 1 fully saturated rings. The van der Waals surface area contributed by atoms with Gasteiger partial charge in [0.1, 0.15) is 0 Å². The van der Waals surface area contributed by atoms with Gasteiger partial charge in [-0.25, -0.2) is 9.97 Å². The lowest BCUT2D eigenvalue weighted by Crippen LogP contribution is -2.28. The molecule has 2 heterocycles. The molecule has 1 saturated heterocycles. The lowest BCUT2D eigenvalue weighted by atomic mass is 10.2. The number of aryl methyl sites for hydroxylation is 2. The van der Waals surface area contributed by atoms with E-state index >= 15 is 0 Å². The number of ether oxygens (including phenoxy) is 2. The first-order chi connectivity index (χ1) is 8.09. The molecule has 1 aliphatic rings. The second kappa shape index (κ2) is 4.98. The van der Waals surface area contributed by atoms with Crippen molar-refractivity contribution in [1.29, 1.82) is 0 Å². The number of hydrogen-bond acceptors (Lipinski definition) is 5. The molecular weight excluding hydrogens is 218 g/mol. The minimum Gasteiger partial charge on any atom is -0.354 e. The van der Waals surface area contributed by atoms with Crippen LogP contribution in [0.1, 0.15) is 24.6 Å². The quantitative estimate of drug-likeness (QED) is 0.863. The monoisotopic (exact) mass is 237 g/mol. The van der Waals surface area contributed by atoms with Crippen LogP contribution in [-0.2, 0) is 9.47 Å². The summed E-state index contributed by atoms with van der Waals surface area (Å²) in [6.45, 7) is 8.03. The second-order valence-corrected chi connectivity index (χ2v) is 4.47. The summed E-state index contributed by atoms with van der Waals surface area (Å²) in [5.41, 5.74) is 2.10. The van der Waals surface area contributed by atoms with E-state index in [1.807, 2.05) is 27.0 Å². The van der Waals surface area contributed by atoms with Crippen LogP contribution in [0.4, 0.5) is 5.95 Å². The normalized spacial score (nSPS) is 18.3. The van der Waals surface area contributed by atoms with E-state index in [2.05, 4.69) is 15.3 Å². The highest BCUT2D eigenvalue weighted by Crippen LogP contribution is 2.22. The largest absolute Gasteiger partial charge is 0.354 e. The van der Waals surface area contributed by atoms with Gasteiger partial charge in [0.25, 0.3) is 0 Å². The standard InChI is InChI=1S/C12H19N3O2/c1-9-8-14-11(15-10(9)2)13-5-4-12(3)16-6-7-17-12/h8H,4-7H2,1-3H3,(H,13,14,15). The Kier molecular flexibility index (Phi) is 3.59. The molecule has 0 saturated carbocycles. The molecule has 1 N–H and O–H groups in total. The maximum Gasteiger partial charge on any atom is 0.222 e. The van der Waals surface area contributed by atoms with E-state index in [9.17, 15) is 0 Å². The Hall–Kier alpha value is -1.20. The Morgan fingerprint density at radius 2 is 2.06 bits per heavy atom. The van der Waals surface area contributed by atoms with E-state index in [0.29, 0.717) is 19.2 Å². The summed E-state index contributed by atoms with van der Waals surface area (Å²) in [6.07, 6.45) is 2.61. The zero-order valence-electron chi connectivity index (χ0n) is 10.6. The second-order valence-electron chi connectivity index (χ2n) is 4.47. The maximum atomic E-state index is 5.52. The Morgan fingerprint density at radius 3 is 2.71 bits per heavy atom. The number of rotatable bonds is 4. The molecule has 1 aromatic heterocycles. The molecule has 17 heavy (non-hydrogen) atoms. The van der Waals surface area contributed by atoms with Crippen molar-refractivity contribution in [3.05, 3.63) is 17.5 Å². The summed E-state index contributed by atoms with van der Waals surface area (Å²) in [5.74, 6) is 0.210. The molecule has 0 aliphatic carbocycles. The van der Waals surface area contributed by atoms with Crippen molar-refractivity contribution in [2.24, 2.45) is 0 Å². The van der Waals surface area contributed by atoms with Crippen molar-refractivity contribution in [1.82, 2.24) is 9.97 Å². The molecule has 1 aromatic rings. The zero-order chi connectivity index (χ0) is 12.3. The van der Waals surface area contributed by atoms with Gasteiger partial charge in [-0.05, 0) is 26.3 Å². The van der Waals surface area contributed by atoms with Gasteiger partial charge in [-0.15, -0.1) is 0 Å². The molecule has 0 unspecified atom stereocenters. The summed E-state index contributed by atoms with van der Waals surface area (Å²) < 4.78 is 11.0. The molecule has 0 bridgehead atoms. The fourth-order valence-corrected chi connectivity index (χ4v) is 1.71. The van der Waals surface area contributed by atoms with Crippen molar-refractivity contribution in [2.75, 3.05) is 25.1 Å². The fourth-order valence-electron chi connectivity index (χ4n) is 1.71. The molecule has 0 spiro atoms. The summed E-state index contributed by atoms with van der Waals surface area (Å²) in [6, 6.07) is 0. The van der Waals surface area contributed by atoms with E-state index in [0.717, 1.165) is 24.2 Å². The lowest BCUT2D eigenvalue weighted by molar-refractivity contribution is -0.144.